The highest BCUT2D eigenvalue weighted by molar-refractivity contribution is 6.31. The Balaban J connectivity index is 2.09. The molecule has 0 spiro atoms. The Morgan fingerprint density at radius 1 is 1.22 bits per heavy atom. The van der Waals surface area contributed by atoms with Crippen molar-refractivity contribution in [3.63, 3.8) is 0 Å². The Hall–Kier alpha value is -1.67. The Bertz CT molecular complexity index is 595. The first-order valence-corrected chi connectivity index (χ1v) is 6.40. The van der Waals surface area contributed by atoms with Gasteiger partial charge in [0, 0.05) is 11.6 Å². The lowest BCUT2D eigenvalue weighted by atomic mass is 9.99. The maximum absolute atomic E-state index is 6.17. The predicted molar refractivity (Wildman–Crippen MR) is 75.6 cm³/mol. The molecule has 1 N–H and O–H groups in total. The second kappa shape index (κ2) is 4.54. The maximum Gasteiger partial charge on any atom is 0.142 e. The molecule has 18 heavy (non-hydrogen) atoms. The van der Waals surface area contributed by atoms with E-state index in [1.54, 1.807) is 0 Å². The highest BCUT2D eigenvalue weighted by atomic mass is 35.5. The number of anilines is 1. The van der Waals surface area contributed by atoms with Gasteiger partial charge < -0.3 is 10.1 Å². The van der Waals surface area contributed by atoms with Gasteiger partial charge >= 0.3 is 0 Å². The molecule has 0 aliphatic carbocycles. The Morgan fingerprint density at radius 2 is 2.11 bits per heavy atom. The summed E-state index contributed by atoms with van der Waals surface area (Å²) in [6, 6.07) is 12.2. The van der Waals surface area contributed by atoms with Gasteiger partial charge in [-0.15, -0.1) is 0 Å². The van der Waals surface area contributed by atoms with Crippen molar-refractivity contribution in [1.29, 1.82) is 0 Å². The smallest absolute Gasteiger partial charge is 0.142 e. The van der Waals surface area contributed by atoms with Crippen LogP contribution in [0.25, 0.3) is 11.1 Å². The van der Waals surface area contributed by atoms with Gasteiger partial charge in [0.1, 0.15) is 12.4 Å². The first-order valence-electron chi connectivity index (χ1n) is 6.02. The van der Waals surface area contributed by atoms with Crippen LogP contribution in [0.15, 0.2) is 36.4 Å². The molecule has 1 heterocycles. The summed E-state index contributed by atoms with van der Waals surface area (Å²) < 4.78 is 5.58. The number of fused-ring (bicyclic) bond motifs is 1. The molecule has 0 bridgehead atoms. The second-order valence-corrected chi connectivity index (χ2v) is 4.81. The molecule has 0 fully saturated rings. The van der Waals surface area contributed by atoms with E-state index in [2.05, 4.69) is 23.5 Å². The fraction of sp³-hybridized carbons (Fsp3) is 0.200. The average Bonchev–Trinajstić information content (AvgIpc) is 2.41. The molecule has 2 aromatic rings. The van der Waals surface area contributed by atoms with Crippen molar-refractivity contribution < 1.29 is 4.74 Å². The molecule has 0 saturated carbocycles. The van der Waals surface area contributed by atoms with Gasteiger partial charge in [0.15, 0.2) is 0 Å². The fourth-order valence-electron chi connectivity index (χ4n) is 2.23. The Kier molecular flexibility index (Phi) is 2.88. The van der Waals surface area contributed by atoms with Crippen molar-refractivity contribution in [2.75, 3.05) is 18.5 Å². The normalized spacial score (nSPS) is 13.4. The molecule has 3 rings (SSSR count). The van der Waals surface area contributed by atoms with E-state index in [4.69, 9.17) is 16.3 Å². The first kappa shape index (κ1) is 11.4. The summed E-state index contributed by atoms with van der Waals surface area (Å²) in [5.74, 6) is 0.921. The number of ether oxygens (including phenoxy) is 1. The second-order valence-electron chi connectivity index (χ2n) is 4.40. The minimum Gasteiger partial charge on any atom is -0.490 e. The SMILES string of the molecule is Cc1c(Cl)cccc1-c1ccc2c(c1)NCCO2. The van der Waals surface area contributed by atoms with Crippen LogP contribution in [0.1, 0.15) is 5.56 Å². The molecule has 0 unspecified atom stereocenters. The quantitative estimate of drug-likeness (QED) is 0.832. The van der Waals surface area contributed by atoms with E-state index in [1.165, 1.54) is 0 Å². The van der Waals surface area contributed by atoms with Gasteiger partial charge in [-0.1, -0.05) is 29.8 Å². The van der Waals surface area contributed by atoms with E-state index < -0.39 is 0 Å². The van der Waals surface area contributed by atoms with Crippen molar-refractivity contribution in [1.82, 2.24) is 0 Å². The third kappa shape index (κ3) is 1.93. The summed E-state index contributed by atoms with van der Waals surface area (Å²) in [6.07, 6.45) is 0. The van der Waals surface area contributed by atoms with Gasteiger partial charge in [-0.3, -0.25) is 0 Å². The minimum absolute atomic E-state index is 0.725. The molecular formula is C15H14ClNO. The number of benzene rings is 2. The Labute approximate surface area is 112 Å². The van der Waals surface area contributed by atoms with Crippen molar-refractivity contribution in [3.8, 4) is 16.9 Å². The minimum atomic E-state index is 0.725. The van der Waals surface area contributed by atoms with E-state index in [-0.39, 0.29) is 0 Å². The van der Waals surface area contributed by atoms with Gasteiger partial charge in [-0.2, -0.15) is 0 Å². The van der Waals surface area contributed by atoms with Gasteiger partial charge in [-0.25, -0.2) is 0 Å². The zero-order valence-corrected chi connectivity index (χ0v) is 10.9. The van der Waals surface area contributed by atoms with E-state index in [0.717, 1.165) is 46.3 Å². The van der Waals surface area contributed by atoms with Crippen molar-refractivity contribution >= 4 is 17.3 Å². The molecular weight excluding hydrogens is 246 g/mol. The van der Waals surface area contributed by atoms with Gasteiger partial charge in [0.2, 0.25) is 0 Å². The highest BCUT2D eigenvalue weighted by Crippen LogP contribution is 2.34. The lowest BCUT2D eigenvalue weighted by Crippen LogP contribution is -2.17. The van der Waals surface area contributed by atoms with Crippen LogP contribution in [0.3, 0.4) is 0 Å². The average molecular weight is 260 g/mol. The number of hydrogen-bond acceptors (Lipinski definition) is 2. The standard InChI is InChI=1S/C15H14ClNO/c1-10-12(3-2-4-13(10)16)11-5-6-15-14(9-11)17-7-8-18-15/h2-6,9,17H,7-8H2,1H3. The summed E-state index contributed by atoms with van der Waals surface area (Å²) in [5, 5.41) is 4.15. The summed E-state index contributed by atoms with van der Waals surface area (Å²) in [7, 11) is 0. The van der Waals surface area contributed by atoms with Crippen LogP contribution in [0, 0.1) is 6.92 Å². The van der Waals surface area contributed by atoms with Crippen LogP contribution in [0.2, 0.25) is 5.02 Å². The summed E-state index contributed by atoms with van der Waals surface area (Å²) in [6.45, 7) is 3.62. The topological polar surface area (TPSA) is 21.3 Å². The molecule has 0 amide bonds. The van der Waals surface area contributed by atoms with Crippen molar-refractivity contribution in [2.45, 2.75) is 6.92 Å². The number of hydrogen-bond donors (Lipinski definition) is 1. The molecule has 2 aromatic carbocycles. The van der Waals surface area contributed by atoms with Gasteiger partial charge in [-0.05, 0) is 41.8 Å². The van der Waals surface area contributed by atoms with Crippen LogP contribution in [-0.2, 0) is 0 Å². The largest absolute Gasteiger partial charge is 0.490 e. The molecule has 0 atom stereocenters. The van der Waals surface area contributed by atoms with E-state index in [9.17, 15) is 0 Å². The van der Waals surface area contributed by atoms with Crippen molar-refractivity contribution in [3.05, 3.63) is 47.0 Å². The lowest BCUT2D eigenvalue weighted by molar-refractivity contribution is 0.323. The molecule has 1 aliphatic rings. The molecule has 2 nitrogen and oxygen atoms in total. The zero-order chi connectivity index (χ0) is 12.5. The molecule has 0 aromatic heterocycles. The van der Waals surface area contributed by atoms with E-state index >= 15 is 0 Å². The molecule has 3 heteroatoms. The monoisotopic (exact) mass is 259 g/mol. The van der Waals surface area contributed by atoms with E-state index in [1.807, 2.05) is 25.1 Å². The highest BCUT2D eigenvalue weighted by Gasteiger charge is 2.12. The molecule has 0 radical (unpaired) electrons. The van der Waals surface area contributed by atoms with Gasteiger partial charge in [0.25, 0.3) is 0 Å². The van der Waals surface area contributed by atoms with E-state index in [0.29, 0.717) is 0 Å². The predicted octanol–water partition coefficient (Wildman–Crippen LogP) is 4.12. The van der Waals surface area contributed by atoms with Crippen molar-refractivity contribution in [2.24, 2.45) is 0 Å². The summed E-state index contributed by atoms with van der Waals surface area (Å²) >= 11 is 6.17. The fourth-order valence-corrected chi connectivity index (χ4v) is 2.40. The maximum atomic E-state index is 6.17. The van der Waals surface area contributed by atoms with Crippen LogP contribution >= 0.6 is 11.6 Å². The molecule has 0 saturated heterocycles. The number of rotatable bonds is 1. The Morgan fingerprint density at radius 3 is 3.00 bits per heavy atom. The van der Waals surface area contributed by atoms with Gasteiger partial charge in [0.05, 0.1) is 5.69 Å². The number of halogens is 1. The van der Waals surface area contributed by atoms with Crippen LogP contribution < -0.4 is 10.1 Å². The molecule has 92 valence electrons. The third-order valence-corrected chi connectivity index (χ3v) is 3.64. The third-order valence-electron chi connectivity index (χ3n) is 3.23. The summed E-state index contributed by atoms with van der Waals surface area (Å²) in [5.41, 5.74) is 4.48. The zero-order valence-electron chi connectivity index (χ0n) is 10.2. The van der Waals surface area contributed by atoms with Crippen LogP contribution in [0.5, 0.6) is 5.75 Å². The summed E-state index contributed by atoms with van der Waals surface area (Å²) in [4.78, 5) is 0. The van der Waals surface area contributed by atoms with Crippen LogP contribution in [-0.4, -0.2) is 13.2 Å². The number of nitrogens with one attached hydrogen (secondary N) is 1. The lowest BCUT2D eigenvalue weighted by Gasteiger charge is -2.20. The first-order chi connectivity index (χ1) is 8.75. The van der Waals surface area contributed by atoms with Crippen LogP contribution in [0.4, 0.5) is 5.69 Å². The molecule has 1 aliphatic heterocycles.